The molecule has 1 radical (unpaired) electrons. The standard InChI is InChI=1S/C12H12N3.CH3.Y/c1-6-7(2)9(4)12-11(8(6)3)14-10(5-13)15-12;;/h1-4H3;1H3;/q2*-1;. The molecule has 0 amide bonds. The number of aryl methyl sites for hydroxylation is 2. The molecule has 87 valence electrons. The molecule has 0 saturated heterocycles. The molecule has 0 fully saturated rings. The van der Waals surface area contributed by atoms with Crippen molar-refractivity contribution >= 4 is 11.0 Å². The first-order valence-electron chi connectivity index (χ1n) is 4.87. The van der Waals surface area contributed by atoms with Gasteiger partial charge in [-0.1, -0.05) is 0 Å². The molecule has 17 heavy (non-hydrogen) atoms. The Morgan fingerprint density at radius 3 is 2.06 bits per heavy atom. The van der Waals surface area contributed by atoms with E-state index >= 15 is 0 Å². The molecular weight excluding hydrogens is 287 g/mol. The van der Waals surface area contributed by atoms with E-state index in [0.717, 1.165) is 22.2 Å². The minimum atomic E-state index is 0. The third-order valence-corrected chi connectivity index (χ3v) is 3.16. The van der Waals surface area contributed by atoms with E-state index in [9.17, 15) is 0 Å². The monoisotopic (exact) mass is 302 g/mol. The topological polar surface area (TPSA) is 50.8 Å². The van der Waals surface area contributed by atoms with E-state index in [0.29, 0.717) is 0 Å². The number of benzene rings is 1. The van der Waals surface area contributed by atoms with Crippen LogP contribution >= 0.6 is 0 Å². The molecule has 3 nitrogen and oxygen atoms in total. The maximum absolute atomic E-state index is 8.78. The number of hydrogen-bond acceptors (Lipinski definition) is 2. The summed E-state index contributed by atoms with van der Waals surface area (Å²) in [7, 11) is 0. The average molecular weight is 302 g/mol. The number of nitrogens with zero attached hydrogens (tertiary/aromatic N) is 3. The number of rotatable bonds is 0. The molecule has 0 aliphatic rings. The van der Waals surface area contributed by atoms with E-state index in [2.05, 4.69) is 23.8 Å². The SMILES string of the molecule is Cc1c(C)c(C)c2[n-]c(C#N)nc2c1C.[CH3-].[Y]. The largest absolute Gasteiger partial charge is 0.427 e. The molecule has 0 aliphatic carbocycles. The molecule has 1 heterocycles. The van der Waals surface area contributed by atoms with Crippen LogP contribution in [-0.2, 0) is 32.7 Å². The van der Waals surface area contributed by atoms with Gasteiger partial charge in [-0.15, -0.1) is 0 Å². The van der Waals surface area contributed by atoms with Gasteiger partial charge in [-0.25, -0.2) is 0 Å². The molecule has 2 rings (SSSR count). The van der Waals surface area contributed by atoms with Crippen molar-refractivity contribution in [3.63, 3.8) is 0 Å². The van der Waals surface area contributed by atoms with Crippen LogP contribution in [0.2, 0.25) is 0 Å². The molecule has 0 aliphatic heterocycles. The second kappa shape index (κ2) is 5.75. The number of fused-ring (bicyclic) bond motifs is 1. The Morgan fingerprint density at radius 1 is 1.00 bits per heavy atom. The number of imidazole rings is 1. The van der Waals surface area contributed by atoms with E-state index in [1.807, 2.05) is 19.9 Å². The molecule has 0 bridgehead atoms. The fraction of sp³-hybridized carbons (Fsp3) is 0.308. The summed E-state index contributed by atoms with van der Waals surface area (Å²) < 4.78 is 0. The summed E-state index contributed by atoms with van der Waals surface area (Å²) in [6, 6.07) is 1.99. The van der Waals surface area contributed by atoms with Gasteiger partial charge in [0.25, 0.3) is 0 Å². The van der Waals surface area contributed by atoms with Crippen LogP contribution in [0.4, 0.5) is 0 Å². The van der Waals surface area contributed by atoms with Crippen molar-refractivity contribution in [2.45, 2.75) is 27.7 Å². The summed E-state index contributed by atoms with van der Waals surface area (Å²) in [4.78, 5) is 8.44. The Bertz CT molecular complexity index is 546. The molecule has 0 unspecified atom stereocenters. The van der Waals surface area contributed by atoms with Gasteiger partial charge >= 0.3 is 0 Å². The van der Waals surface area contributed by atoms with Crippen LogP contribution < -0.4 is 4.98 Å². The predicted octanol–water partition coefficient (Wildman–Crippen LogP) is 2.75. The zero-order chi connectivity index (χ0) is 11.2. The fourth-order valence-corrected chi connectivity index (χ4v) is 1.83. The van der Waals surface area contributed by atoms with Crippen molar-refractivity contribution in [1.29, 1.82) is 5.26 Å². The van der Waals surface area contributed by atoms with Crippen molar-refractivity contribution < 1.29 is 32.7 Å². The molecule has 2 aromatic rings. The average Bonchev–Trinajstić information content (AvgIpc) is 2.67. The van der Waals surface area contributed by atoms with Gasteiger partial charge in [-0.05, 0) is 61.0 Å². The summed E-state index contributed by atoms with van der Waals surface area (Å²) in [5, 5.41) is 8.78. The van der Waals surface area contributed by atoms with E-state index < -0.39 is 0 Å². The maximum atomic E-state index is 8.78. The van der Waals surface area contributed by atoms with Crippen LogP contribution in [0.5, 0.6) is 0 Å². The van der Waals surface area contributed by atoms with E-state index in [1.54, 1.807) is 0 Å². The van der Waals surface area contributed by atoms with Crippen LogP contribution in [0.3, 0.4) is 0 Å². The summed E-state index contributed by atoms with van der Waals surface area (Å²) >= 11 is 0. The van der Waals surface area contributed by atoms with Gasteiger partial charge in [0.2, 0.25) is 0 Å². The third kappa shape index (κ3) is 2.43. The zero-order valence-corrected chi connectivity index (χ0v) is 13.8. The minimum absolute atomic E-state index is 0. The van der Waals surface area contributed by atoms with Crippen molar-refractivity contribution in [3.05, 3.63) is 35.5 Å². The Morgan fingerprint density at radius 2 is 1.53 bits per heavy atom. The van der Waals surface area contributed by atoms with Crippen LogP contribution in [0.1, 0.15) is 28.1 Å². The fourth-order valence-electron chi connectivity index (χ4n) is 1.83. The number of aromatic nitrogens is 2. The summed E-state index contributed by atoms with van der Waals surface area (Å²) in [5.41, 5.74) is 6.47. The van der Waals surface area contributed by atoms with E-state index in [4.69, 9.17) is 5.26 Å². The molecule has 0 atom stereocenters. The van der Waals surface area contributed by atoms with Gasteiger partial charge in [-0.3, -0.25) is 0 Å². The molecule has 0 spiro atoms. The predicted molar refractivity (Wildman–Crippen MR) is 65.1 cm³/mol. The molecular formula is C13H15N3Y-2. The van der Waals surface area contributed by atoms with Crippen LogP contribution in [0.15, 0.2) is 0 Å². The van der Waals surface area contributed by atoms with Crippen molar-refractivity contribution in [2.24, 2.45) is 0 Å². The summed E-state index contributed by atoms with van der Waals surface area (Å²) in [6.45, 7) is 8.22. The van der Waals surface area contributed by atoms with Gasteiger partial charge in [0.1, 0.15) is 0 Å². The van der Waals surface area contributed by atoms with Crippen molar-refractivity contribution in [3.8, 4) is 6.07 Å². The van der Waals surface area contributed by atoms with Crippen LogP contribution in [0, 0.1) is 46.5 Å². The second-order valence-electron chi connectivity index (χ2n) is 3.86. The molecule has 0 saturated carbocycles. The van der Waals surface area contributed by atoms with Crippen molar-refractivity contribution in [1.82, 2.24) is 9.97 Å². The smallest absolute Gasteiger partial charge is 0.0904 e. The minimum Gasteiger partial charge on any atom is -0.427 e. The van der Waals surface area contributed by atoms with Crippen molar-refractivity contribution in [2.75, 3.05) is 0 Å². The Hall–Kier alpha value is -0.716. The third-order valence-electron chi connectivity index (χ3n) is 3.16. The Kier molecular flexibility index (Phi) is 5.51. The first kappa shape index (κ1) is 16.3. The first-order chi connectivity index (χ1) is 7.06. The molecule has 1 aromatic carbocycles. The normalized spacial score (nSPS) is 9.35. The Balaban J connectivity index is 0.00000128. The van der Waals surface area contributed by atoms with Gasteiger partial charge in [0, 0.05) is 38.5 Å². The first-order valence-corrected chi connectivity index (χ1v) is 4.87. The summed E-state index contributed by atoms with van der Waals surface area (Å²) in [6.07, 6.45) is 0. The quantitative estimate of drug-likeness (QED) is 0.703. The van der Waals surface area contributed by atoms with Crippen LogP contribution in [-0.4, -0.2) is 4.98 Å². The van der Waals surface area contributed by atoms with Gasteiger partial charge < -0.3 is 17.4 Å². The second-order valence-corrected chi connectivity index (χ2v) is 3.86. The van der Waals surface area contributed by atoms with E-state index in [1.165, 1.54) is 11.1 Å². The zero-order valence-electron chi connectivity index (χ0n) is 10.9. The van der Waals surface area contributed by atoms with Gasteiger partial charge in [-0.2, -0.15) is 5.26 Å². The van der Waals surface area contributed by atoms with E-state index in [-0.39, 0.29) is 46.0 Å². The summed E-state index contributed by atoms with van der Waals surface area (Å²) in [5.74, 6) is 0.265. The number of nitriles is 1. The maximum Gasteiger partial charge on any atom is 0.0904 e. The molecule has 4 heteroatoms. The molecule has 1 aromatic heterocycles. The van der Waals surface area contributed by atoms with Crippen LogP contribution in [0.25, 0.3) is 11.0 Å². The number of hydrogen-bond donors (Lipinski definition) is 0. The van der Waals surface area contributed by atoms with Gasteiger partial charge in [0.15, 0.2) is 0 Å². The molecule has 0 N–H and O–H groups in total. The van der Waals surface area contributed by atoms with Gasteiger partial charge in [0.05, 0.1) is 6.07 Å². The Labute approximate surface area is 128 Å².